The molecule has 1 amide bonds. The summed E-state index contributed by atoms with van der Waals surface area (Å²) in [7, 11) is 0. The third-order valence-electron chi connectivity index (χ3n) is 4.12. The number of hydrogen-bond acceptors (Lipinski definition) is 7. The van der Waals surface area contributed by atoms with Crippen molar-refractivity contribution in [2.45, 2.75) is 32.4 Å². The lowest BCUT2D eigenvalue weighted by Crippen LogP contribution is -2.57. The third-order valence-corrected chi connectivity index (χ3v) is 4.72. The second kappa shape index (κ2) is 8.28. The van der Waals surface area contributed by atoms with Gasteiger partial charge in [0.05, 0.1) is 27.7 Å². The third kappa shape index (κ3) is 4.51. The summed E-state index contributed by atoms with van der Waals surface area (Å²) in [5, 5.41) is 29.9. The van der Waals surface area contributed by atoms with Crippen LogP contribution in [-0.4, -0.2) is 58.9 Å². The Labute approximate surface area is 169 Å². The van der Waals surface area contributed by atoms with Gasteiger partial charge in [-0.15, -0.1) is 0 Å². The molecular formula is C17H20BrFN4O5. The Hall–Kier alpha value is -2.45. The standard InChI is InChI=1S/C17H20BrFN4O5/c1-17(2,3)28-16(25)22-5-4-21(8-10(22)9-24)15-12(18)6-13(23(26)27)11(7-20)14(15)19/h6,10,24H,4-5,8-9H2,1-3H3/t10-/m0/s1. The molecule has 1 atom stereocenters. The number of carbonyl (C=O) groups is 1. The van der Waals surface area contributed by atoms with Crippen LogP contribution in [0.4, 0.5) is 20.6 Å². The number of rotatable bonds is 3. The summed E-state index contributed by atoms with van der Waals surface area (Å²) in [6.45, 7) is 5.19. The molecule has 9 nitrogen and oxygen atoms in total. The number of nitriles is 1. The van der Waals surface area contributed by atoms with E-state index in [4.69, 9.17) is 10.00 Å². The van der Waals surface area contributed by atoms with Gasteiger partial charge in [-0.2, -0.15) is 5.26 Å². The molecule has 152 valence electrons. The summed E-state index contributed by atoms with van der Waals surface area (Å²) in [5.41, 5.74) is -2.03. The number of nitrogens with zero attached hydrogens (tertiary/aromatic N) is 4. The first kappa shape index (κ1) is 21.8. The Morgan fingerprint density at radius 2 is 2.18 bits per heavy atom. The predicted octanol–water partition coefficient (Wildman–Crippen LogP) is 2.79. The van der Waals surface area contributed by atoms with Gasteiger partial charge in [0.2, 0.25) is 0 Å². The smallest absolute Gasteiger partial charge is 0.410 e. The van der Waals surface area contributed by atoms with Gasteiger partial charge in [-0.1, -0.05) is 0 Å². The van der Waals surface area contributed by atoms with Crippen molar-refractivity contribution in [3.8, 4) is 6.07 Å². The molecule has 1 fully saturated rings. The SMILES string of the molecule is CC(C)(C)OC(=O)N1CCN(c2c(Br)cc([N+](=O)[O-])c(C#N)c2F)C[C@H]1CO. The molecule has 0 saturated carbocycles. The summed E-state index contributed by atoms with van der Waals surface area (Å²) in [6.07, 6.45) is -0.591. The zero-order valence-corrected chi connectivity index (χ0v) is 17.2. The lowest BCUT2D eigenvalue weighted by atomic mass is 10.1. The highest BCUT2D eigenvalue weighted by Gasteiger charge is 2.36. The minimum absolute atomic E-state index is 0.0237. The van der Waals surface area contributed by atoms with Crippen LogP contribution in [0.5, 0.6) is 0 Å². The molecule has 0 aromatic heterocycles. The first-order valence-electron chi connectivity index (χ1n) is 8.42. The summed E-state index contributed by atoms with van der Waals surface area (Å²) >= 11 is 3.13. The van der Waals surface area contributed by atoms with Crippen LogP contribution < -0.4 is 4.90 Å². The topological polar surface area (TPSA) is 120 Å². The van der Waals surface area contributed by atoms with Crippen LogP contribution in [-0.2, 0) is 4.74 Å². The second-order valence-corrected chi connectivity index (χ2v) is 8.09. The van der Waals surface area contributed by atoms with Crippen LogP contribution in [0.3, 0.4) is 0 Å². The summed E-state index contributed by atoms with van der Waals surface area (Å²) in [6, 6.07) is 1.94. The molecule has 28 heavy (non-hydrogen) atoms. The van der Waals surface area contributed by atoms with E-state index >= 15 is 0 Å². The Morgan fingerprint density at radius 3 is 2.68 bits per heavy atom. The van der Waals surface area contributed by atoms with Gasteiger partial charge in [0.15, 0.2) is 11.4 Å². The zero-order chi connectivity index (χ0) is 21.2. The minimum Gasteiger partial charge on any atom is -0.444 e. The number of amides is 1. The minimum atomic E-state index is -1.02. The van der Waals surface area contributed by atoms with E-state index in [0.717, 1.165) is 6.07 Å². The number of nitro benzene ring substituents is 1. The molecule has 2 rings (SSSR count). The van der Waals surface area contributed by atoms with Crippen molar-refractivity contribution in [2.24, 2.45) is 0 Å². The predicted molar refractivity (Wildman–Crippen MR) is 101 cm³/mol. The van der Waals surface area contributed by atoms with E-state index in [2.05, 4.69) is 15.9 Å². The van der Waals surface area contributed by atoms with E-state index in [-0.39, 0.29) is 36.4 Å². The maximum Gasteiger partial charge on any atom is 0.410 e. The molecule has 11 heteroatoms. The molecule has 0 radical (unpaired) electrons. The van der Waals surface area contributed by atoms with Crippen LogP contribution in [0.25, 0.3) is 0 Å². The number of carbonyl (C=O) groups excluding carboxylic acids is 1. The van der Waals surface area contributed by atoms with Crippen molar-refractivity contribution in [1.82, 2.24) is 4.90 Å². The number of piperazine rings is 1. The molecule has 1 saturated heterocycles. The zero-order valence-electron chi connectivity index (χ0n) is 15.6. The average Bonchev–Trinajstić information content (AvgIpc) is 2.59. The van der Waals surface area contributed by atoms with Crippen LogP contribution in [0, 0.1) is 27.3 Å². The van der Waals surface area contributed by atoms with E-state index in [1.807, 2.05) is 0 Å². The summed E-state index contributed by atoms with van der Waals surface area (Å²) in [5.74, 6) is -1.02. The monoisotopic (exact) mass is 458 g/mol. The van der Waals surface area contributed by atoms with E-state index in [0.29, 0.717) is 0 Å². The number of aliphatic hydroxyl groups excluding tert-OH is 1. The Kier molecular flexibility index (Phi) is 6.46. The molecule has 0 aliphatic carbocycles. The number of hydrogen-bond donors (Lipinski definition) is 1. The number of anilines is 1. The molecule has 1 aromatic carbocycles. The molecular weight excluding hydrogens is 439 g/mol. The van der Waals surface area contributed by atoms with Crippen molar-refractivity contribution >= 4 is 33.4 Å². The fourth-order valence-electron chi connectivity index (χ4n) is 2.91. The number of aliphatic hydroxyl groups is 1. The van der Waals surface area contributed by atoms with Gasteiger partial charge < -0.3 is 14.7 Å². The fourth-order valence-corrected chi connectivity index (χ4v) is 3.55. The van der Waals surface area contributed by atoms with Crippen molar-refractivity contribution in [3.05, 3.63) is 32.0 Å². The van der Waals surface area contributed by atoms with E-state index < -0.39 is 39.7 Å². The summed E-state index contributed by atoms with van der Waals surface area (Å²) in [4.78, 5) is 25.5. The molecule has 1 heterocycles. The van der Waals surface area contributed by atoms with Gasteiger partial charge in [0.1, 0.15) is 11.7 Å². The van der Waals surface area contributed by atoms with Crippen LogP contribution in [0.1, 0.15) is 26.3 Å². The number of benzene rings is 1. The number of ether oxygens (including phenoxy) is 1. The molecule has 0 bridgehead atoms. The van der Waals surface area contributed by atoms with Gasteiger partial charge in [-0.3, -0.25) is 15.0 Å². The molecule has 0 unspecified atom stereocenters. The summed E-state index contributed by atoms with van der Waals surface area (Å²) < 4.78 is 20.3. The van der Waals surface area contributed by atoms with E-state index in [1.165, 1.54) is 15.9 Å². The van der Waals surface area contributed by atoms with Crippen LogP contribution in [0.15, 0.2) is 10.5 Å². The van der Waals surface area contributed by atoms with Crippen LogP contribution >= 0.6 is 15.9 Å². The van der Waals surface area contributed by atoms with Gasteiger partial charge >= 0.3 is 6.09 Å². The number of halogens is 2. The van der Waals surface area contributed by atoms with Gasteiger partial charge in [-0.25, -0.2) is 9.18 Å². The molecule has 1 aliphatic rings. The first-order valence-corrected chi connectivity index (χ1v) is 9.21. The second-order valence-electron chi connectivity index (χ2n) is 7.24. The van der Waals surface area contributed by atoms with E-state index in [1.54, 1.807) is 20.8 Å². The highest BCUT2D eigenvalue weighted by Crippen LogP contribution is 2.37. The Morgan fingerprint density at radius 1 is 1.54 bits per heavy atom. The van der Waals surface area contributed by atoms with Crippen molar-refractivity contribution < 1.29 is 24.0 Å². The lowest BCUT2D eigenvalue weighted by molar-refractivity contribution is -0.385. The van der Waals surface area contributed by atoms with Gasteiger partial charge in [-0.05, 0) is 36.7 Å². The lowest BCUT2D eigenvalue weighted by Gasteiger charge is -2.42. The van der Waals surface area contributed by atoms with Crippen LogP contribution in [0.2, 0.25) is 0 Å². The highest BCUT2D eigenvalue weighted by molar-refractivity contribution is 9.10. The van der Waals surface area contributed by atoms with Gasteiger partial charge in [0.25, 0.3) is 5.69 Å². The molecule has 0 spiro atoms. The van der Waals surface area contributed by atoms with Crippen molar-refractivity contribution in [1.29, 1.82) is 5.26 Å². The highest BCUT2D eigenvalue weighted by atomic mass is 79.9. The fraction of sp³-hybridized carbons (Fsp3) is 0.529. The first-order chi connectivity index (χ1) is 13.0. The quantitative estimate of drug-likeness (QED) is 0.545. The maximum absolute atomic E-state index is 14.9. The normalized spacial score (nSPS) is 17.2. The molecule has 1 N–H and O–H groups in total. The Balaban J connectivity index is 2.34. The van der Waals surface area contributed by atoms with E-state index in [9.17, 15) is 24.4 Å². The molecule has 1 aromatic rings. The number of nitro groups is 1. The maximum atomic E-state index is 14.9. The van der Waals surface area contributed by atoms with Gasteiger partial charge in [0, 0.05) is 25.7 Å². The average molecular weight is 459 g/mol. The molecule has 1 aliphatic heterocycles. The largest absolute Gasteiger partial charge is 0.444 e. The van der Waals surface area contributed by atoms with Crippen molar-refractivity contribution in [2.75, 3.05) is 31.1 Å². The Bertz CT molecular complexity index is 836. The van der Waals surface area contributed by atoms with Crippen molar-refractivity contribution in [3.63, 3.8) is 0 Å².